The van der Waals surface area contributed by atoms with E-state index in [1.54, 1.807) is 6.92 Å². The molecule has 2 rings (SSSR count). The molecule has 1 amide bonds. The van der Waals surface area contributed by atoms with Gasteiger partial charge >= 0.3 is 5.97 Å². The number of nitro benzene ring substituents is 1. The van der Waals surface area contributed by atoms with Gasteiger partial charge in [0, 0.05) is 36.8 Å². The Hall–Kier alpha value is -2.48. The van der Waals surface area contributed by atoms with Crippen LogP contribution in [0.3, 0.4) is 0 Å². The molecule has 0 bridgehead atoms. The van der Waals surface area contributed by atoms with E-state index < -0.39 is 22.8 Å². The van der Waals surface area contributed by atoms with Gasteiger partial charge in [-0.25, -0.2) is 4.79 Å². The van der Waals surface area contributed by atoms with Crippen LogP contribution in [0, 0.1) is 17.0 Å². The number of hydrogen-bond acceptors (Lipinski definition) is 5. The van der Waals surface area contributed by atoms with Crippen LogP contribution in [0.5, 0.6) is 0 Å². The van der Waals surface area contributed by atoms with Crippen LogP contribution in [0.15, 0.2) is 18.2 Å². The van der Waals surface area contributed by atoms with Gasteiger partial charge in [0.05, 0.1) is 4.92 Å². The second-order valence-electron chi connectivity index (χ2n) is 4.82. The molecule has 21 heavy (non-hydrogen) atoms. The monoisotopic (exact) mass is 293 g/mol. The lowest BCUT2D eigenvalue weighted by atomic mass is 10.1. The number of aliphatic carboxylic acids is 1. The summed E-state index contributed by atoms with van der Waals surface area (Å²) in [5.74, 6) is -1.50. The van der Waals surface area contributed by atoms with Crippen LogP contribution < -0.4 is 5.32 Å². The molecule has 1 aromatic rings. The van der Waals surface area contributed by atoms with Crippen LogP contribution in [0.4, 0.5) is 5.69 Å². The normalized spacial score (nSPS) is 18.3. The minimum absolute atomic E-state index is 0.0679. The molecule has 0 radical (unpaired) electrons. The Kier molecular flexibility index (Phi) is 4.18. The largest absolute Gasteiger partial charge is 0.480 e. The first-order valence-corrected chi connectivity index (χ1v) is 6.41. The Labute approximate surface area is 120 Å². The van der Waals surface area contributed by atoms with Crippen LogP contribution in [-0.4, -0.2) is 52.5 Å². The highest BCUT2D eigenvalue weighted by molar-refractivity contribution is 5.97. The van der Waals surface area contributed by atoms with Crippen LogP contribution in [0.1, 0.15) is 15.9 Å². The fourth-order valence-electron chi connectivity index (χ4n) is 2.33. The SMILES string of the molecule is Cc1cc(C(=O)N2CCNCC2C(=O)O)ccc1[N+](=O)[O-]. The van der Waals surface area contributed by atoms with Crippen molar-refractivity contribution in [2.24, 2.45) is 0 Å². The van der Waals surface area contributed by atoms with Gasteiger partial charge in [0.25, 0.3) is 11.6 Å². The van der Waals surface area contributed by atoms with E-state index in [-0.39, 0.29) is 24.3 Å². The fourth-order valence-corrected chi connectivity index (χ4v) is 2.33. The number of hydrogen-bond donors (Lipinski definition) is 2. The Bertz CT molecular complexity index is 601. The fraction of sp³-hybridized carbons (Fsp3) is 0.385. The van der Waals surface area contributed by atoms with E-state index in [9.17, 15) is 19.7 Å². The number of benzene rings is 1. The summed E-state index contributed by atoms with van der Waals surface area (Å²) in [6.45, 7) is 2.53. The quantitative estimate of drug-likeness (QED) is 0.616. The van der Waals surface area contributed by atoms with Gasteiger partial charge in [0.1, 0.15) is 6.04 Å². The third kappa shape index (κ3) is 3.00. The van der Waals surface area contributed by atoms with Crippen LogP contribution in [0.2, 0.25) is 0 Å². The van der Waals surface area contributed by atoms with Crippen molar-refractivity contribution >= 4 is 17.6 Å². The molecule has 2 N–H and O–H groups in total. The summed E-state index contributed by atoms with van der Waals surface area (Å²) >= 11 is 0. The van der Waals surface area contributed by atoms with Crippen molar-refractivity contribution in [3.8, 4) is 0 Å². The van der Waals surface area contributed by atoms with E-state index in [0.717, 1.165) is 0 Å². The molecule has 8 nitrogen and oxygen atoms in total. The Morgan fingerprint density at radius 2 is 2.19 bits per heavy atom. The van der Waals surface area contributed by atoms with Gasteiger partial charge in [-0.15, -0.1) is 0 Å². The predicted octanol–water partition coefficient (Wildman–Crippen LogP) is 0.402. The number of carbonyl (C=O) groups excluding carboxylic acids is 1. The molecular formula is C13H15N3O5. The number of nitrogens with one attached hydrogen (secondary N) is 1. The zero-order chi connectivity index (χ0) is 15.6. The van der Waals surface area contributed by atoms with Crippen molar-refractivity contribution in [2.45, 2.75) is 13.0 Å². The number of carboxylic acid groups (broad SMARTS) is 1. The van der Waals surface area contributed by atoms with E-state index in [4.69, 9.17) is 5.11 Å². The molecule has 1 saturated heterocycles. The molecule has 1 aliphatic rings. The lowest BCUT2D eigenvalue weighted by Crippen LogP contribution is -2.56. The maximum atomic E-state index is 12.4. The second-order valence-corrected chi connectivity index (χ2v) is 4.82. The van der Waals surface area contributed by atoms with Gasteiger partial charge in [0.15, 0.2) is 0 Å². The van der Waals surface area contributed by atoms with Crippen molar-refractivity contribution in [1.82, 2.24) is 10.2 Å². The molecule has 112 valence electrons. The zero-order valence-corrected chi connectivity index (χ0v) is 11.4. The third-order valence-corrected chi connectivity index (χ3v) is 3.43. The number of rotatable bonds is 3. The third-order valence-electron chi connectivity index (χ3n) is 3.43. The number of amides is 1. The van der Waals surface area contributed by atoms with Crippen LogP contribution in [-0.2, 0) is 4.79 Å². The van der Waals surface area contributed by atoms with Crippen molar-refractivity contribution in [3.63, 3.8) is 0 Å². The summed E-state index contributed by atoms with van der Waals surface area (Å²) in [4.78, 5) is 35.1. The van der Waals surface area contributed by atoms with Crippen LogP contribution in [0.25, 0.3) is 0 Å². The van der Waals surface area contributed by atoms with E-state index in [1.165, 1.54) is 23.1 Å². The number of carboxylic acids is 1. The van der Waals surface area contributed by atoms with Gasteiger partial charge in [-0.1, -0.05) is 0 Å². The number of nitro groups is 1. The molecule has 0 saturated carbocycles. The smallest absolute Gasteiger partial charge is 0.327 e. The first kappa shape index (κ1) is 14.9. The average molecular weight is 293 g/mol. The summed E-state index contributed by atoms with van der Waals surface area (Å²) in [6, 6.07) is 3.11. The van der Waals surface area contributed by atoms with Gasteiger partial charge in [-0.3, -0.25) is 14.9 Å². The number of piperazine rings is 1. The van der Waals surface area contributed by atoms with Crippen molar-refractivity contribution < 1.29 is 19.6 Å². The first-order valence-electron chi connectivity index (χ1n) is 6.41. The Balaban J connectivity index is 2.28. The molecule has 0 spiro atoms. The zero-order valence-electron chi connectivity index (χ0n) is 11.4. The predicted molar refractivity (Wildman–Crippen MR) is 73.2 cm³/mol. The minimum Gasteiger partial charge on any atom is -0.480 e. The van der Waals surface area contributed by atoms with Crippen LogP contribution >= 0.6 is 0 Å². The van der Waals surface area contributed by atoms with E-state index in [2.05, 4.69) is 5.32 Å². The molecule has 1 aromatic carbocycles. The number of nitrogens with zero attached hydrogens (tertiary/aromatic N) is 2. The summed E-state index contributed by atoms with van der Waals surface area (Å²) in [5, 5.41) is 22.8. The molecule has 1 aliphatic heterocycles. The maximum absolute atomic E-state index is 12.4. The Morgan fingerprint density at radius 1 is 1.48 bits per heavy atom. The number of aryl methyl sites for hydroxylation is 1. The Morgan fingerprint density at radius 3 is 2.76 bits per heavy atom. The highest BCUT2D eigenvalue weighted by Gasteiger charge is 2.32. The maximum Gasteiger partial charge on any atom is 0.327 e. The molecule has 0 aromatic heterocycles. The first-order chi connectivity index (χ1) is 9.91. The van der Waals surface area contributed by atoms with E-state index in [1.807, 2.05) is 0 Å². The molecule has 1 heterocycles. The van der Waals surface area contributed by atoms with Gasteiger partial charge in [-0.2, -0.15) is 0 Å². The highest BCUT2D eigenvalue weighted by Crippen LogP contribution is 2.20. The summed E-state index contributed by atoms with van der Waals surface area (Å²) in [5.41, 5.74) is 0.556. The van der Waals surface area contributed by atoms with Crippen molar-refractivity contribution in [2.75, 3.05) is 19.6 Å². The highest BCUT2D eigenvalue weighted by atomic mass is 16.6. The summed E-state index contributed by atoms with van der Waals surface area (Å²) < 4.78 is 0. The molecule has 1 fully saturated rings. The second kappa shape index (κ2) is 5.88. The summed E-state index contributed by atoms with van der Waals surface area (Å²) in [7, 11) is 0. The average Bonchev–Trinajstić information content (AvgIpc) is 2.45. The standard InChI is InChI=1S/C13H15N3O5/c1-8-6-9(2-3-10(8)16(20)21)12(17)15-5-4-14-7-11(15)13(18)19/h2-3,6,11,14H,4-5,7H2,1H3,(H,18,19). The van der Waals surface area contributed by atoms with Gasteiger partial charge in [-0.05, 0) is 19.1 Å². The lowest BCUT2D eigenvalue weighted by molar-refractivity contribution is -0.385. The molecule has 1 atom stereocenters. The van der Waals surface area contributed by atoms with Crippen molar-refractivity contribution in [1.29, 1.82) is 0 Å². The van der Waals surface area contributed by atoms with Gasteiger partial charge < -0.3 is 15.3 Å². The summed E-state index contributed by atoms with van der Waals surface area (Å²) in [6.07, 6.45) is 0. The minimum atomic E-state index is -1.07. The molecule has 0 aliphatic carbocycles. The lowest BCUT2D eigenvalue weighted by Gasteiger charge is -2.33. The van der Waals surface area contributed by atoms with E-state index >= 15 is 0 Å². The number of carbonyl (C=O) groups is 2. The topological polar surface area (TPSA) is 113 Å². The molecule has 8 heteroatoms. The van der Waals surface area contributed by atoms with Crippen molar-refractivity contribution in [3.05, 3.63) is 39.4 Å². The molecule has 1 unspecified atom stereocenters. The molecular weight excluding hydrogens is 278 g/mol. The van der Waals surface area contributed by atoms with E-state index in [0.29, 0.717) is 12.1 Å². The van der Waals surface area contributed by atoms with Gasteiger partial charge in [0.2, 0.25) is 0 Å².